The van der Waals surface area contributed by atoms with Crippen molar-refractivity contribution in [3.05, 3.63) is 64.7 Å². The van der Waals surface area contributed by atoms with Crippen LogP contribution in [0, 0.1) is 0 Å². The number of halogens is 1. The molecule has 0 bridgehead atoms. The lowest BCUT2D eigenvalue weighted by atomic mass is 10.1. The lowest BCUT2D eigenvalue weighted by molar-refractivity contribution is -0.137. The highest BCUT2D eigenvalue weighted by Crippen LogP contribution is 2.25. The van der Waals surface area contributed by atoms with E-state index in [-0.39, 0.29) is 35.3 Å². The number of carboxylic acid groups (broad SMARTS) is 1. The van der Waals surface area contributed by atoms with Crippen LogP contribution in [0.4, 0.5) is 4.79 Å². The van der Waals surface area contributed by atoms with Crippen molar-refractivity contribution in [1.29, 1.82) is 0 Å². The number of imide groups is 1. The van der Waals surface area contributed by atoms with Gasteiger partial charge < -0.3 is 19.4 Å². The molecule has 2 aromatic rings. The number of amides is 2. The monoisotopic (exact) mass is 493 g/mol. The molecular weight excluding hydrogens is 470 g/mol. The van der Waals surface area contributed by atoms with Gasteiger partial charge in [0.2, 0.25) is 5.91 Å². The van der Waals surface area contributed by atoms with Crippen LogP contribution >= 0.6 is 23.4 Å². The van der Waals surface area contributed by atoms with Crippen LogP contribution in [0.5, 0.6) is 5.75 Å². The smallest absolute Gasteiger partial charge is 0.303 e. The SMILES string of the molecule is COC(COc1ccc(CC2SC(=O)NC2=O)cc1)c1cccc(Cl)c1.O=CCCC(=O)O. The number of methoxy groups -OCH3 is 1. The van der Waals surface area contributed by atoms with Gasteiger partial charge in [0.25, 0.3) is 5.24 Å². The van der Waals surface area contributed by atoms with Crippen LogP contribution in [0.3, 0.4) is 0 Å². The van der Waals surface area contributed by atoms with Gasteiger partial charge in [0.1, 0.15) is 24.7 Å². The van der Waals surface area contributed by atoms with Crippen molar-refractivity contribution in [2.75, 3.05) is 13.7 Å². The minimum absolute atomic E-state index is 0.0521. The summed E-state index contributed by atoms with van der Waals surface area (Å²) in [6.45, 7) is 0.353. The molecule has 0 spiro atoms. The third-order valence-electron chi connectivity index (χ3n) is 4.49. The molecule has 0 aromatic heterocycles. The van der Waals surface area contributed by atoms with Crippen LogP contribution in [-0.4, -0.2) is 47.5 Å². The molecule has 2 N–H and O–H groups in total. The Labute approximate surface area is 200 Å². The Kier molecular flexibility index (Phi) is 10.9. The topological polar surface area (TPSA) is 119 Å². The first-order valence-corrected chi connectivity index (χ1v) is 11.2. The van der Waals surface area contributed by atoms with Gasteiger partial charge in [-0.1, -0.05) is 47.6 Å². The quantitative estimate of drug-likeness (QED) is 0.476. The Morgan fingerprint density at radius 3 is 2.48 bits per heavy atom. The fourth-order valence-corrected chi connectivity index (χ4v) is 3.88. The average molecular weight is 494 g/mol. The van der Waals surface area contributed by atoms with Gasteiger partial charge in [0.15, 0.2) is 0 Å². The molecule has 0 radical (unpaired) electrons. The Hall–Kier alpha value is -2.88. The number of thioether (sulfide) groups is 1. The first-order valence-electron chi connectivity index (χ1n) is 9.99. The van der Waals surface area contributed by atoms with Gasteiger partial charge in [-0.15, -0.1) is 0 Å². The molecule has 1 aliphatic rings. The first-order chi connectivity index (χ1) is 15.8. The van der Waals surface area contributed by atoms with E-state index in [4.69, 9.17) is 26.2 Å². The minimum atomic E-state index is -0.924. The van der Waals surface area contributed by atoms with Gasteiger partial charge in [-0.05, 0) is 41.8 Å². The molecule has 33 heavy (non-hydrogen) atoms. The van der Waals surface area contributed by atoms with Gasteiger partial charge in [0.05, 0.1) is 11.7 Å². The number of aldehydes is 1. The van der Waals surface area contributed by atoms with Gasteiger partial charge in [-0.3, -0.25) is 19.7 Å². The van der Waals surface area contributed by atoms with Crippen molar-refractivity contribution in [2.24, 2.45) is 0 Å². The molecule has 2 unspecified atom stereocenters. The predicted octanol–water partition coefficient (Wildman–Crippen LogP) is 4.05. The van der Waals surface area contributed by atoms with E-state index in [1.807, 2.05) is 48.5 Å². The molecule has 1 heterocycles. The van der Waals surface area contributed by atoms with Crippen molar-refractivity contribution in [3.63, 3.8) is 0 Å². The highest BCUT2D eigenvalue weighted by atomic mass is 35.5. The van der Waals surface area contributed by atoms with E-state index >= 15 is 0 Å². The van der Waals surface area contributed by atoms with E-state index in [9.17, 15) is 19.2 Å². The number of nitrogens with one attached hydrogen (secondary N) is 1. The zero-order valence-corrected chi connectivity index (χ0v) is 19.4. The summed E-state index contributed by atoms with van der Waals surface area (Å²) in [6, 6.07) is 15.0. The second-order valence-corrected chi connectivity index (χ2v) is 8.53. The predicted molar refractivity (Wildman–Crippen MR) is 125 cm³/mol. The number of aliphatic carboxylic acids is 1. The van der Waals surface area contributed by atoms with Crippen molar-refractivity contribution in [3.8, 4) is 5.75 Å². The van der Waals surface area contributed by atoms with E-state index in [1.54, 1.807) is 7.11 Å². The molecule has 8 nitrogen and oxygen atoms in total. The number of ether oxygens (including phenoxy) is 2. The van der Waals surface area contributed by atoms with Crippen LogP contribution in [0.1, 0.15) is 30.1 Å². The van der Waals surface area contributed by atoms with Gasteiger partial charge in [-0.2, -0.15) is 0 Å². The fraction of sp³-hybridized carbons (Fsp3) is 0.304. The highest BCUT2D eigenvalue weighted by Gasteiger charge is 2.31. The first kappa shape index (κ1) is 26.4. The van der Waals surface area contributed by atoms with E-state index < -0.39 is 5.97 Å². The lowest BCUT2D eigenvalue weighted by Gasteiger charge is -2.17. The summed E-state index contributed by atoms with van der Waals surface area (Å²) in [6.07, 6.45) is 0.941. The minimum Gasteiger partial charge on any atom is -0.491 e. The third-order valence-corrected chi connectivity index (χ3v) is 5.71. The summed E-state index contributed by atoms with van der Waals surface area (Å²) >= 11 is 7.05. The average Bonchev–Trinajstić information content (AvgIpc) is 3.10. The van der Waals surface area contributed by atoms with Crippen LogP contribution in [0.15, 0.2) is 48.5 Å². The highest BCUT2D eigenvalue weighted by molar-refractivity contribution is 8.15. The molecule has 2 atom stereocenters. The fourth-order valence-electron chi connectivity index (χ4n) is 2.83. The molecule has 176 valence electrons. The molecule has 10 heteroatoms. The van der Waals surface area contributed by atoms with E-state index in [0.717, 1.165) is 22.9 Å². The van der Waals surface area contributed by atoms with E-state index in [2.05, 4.69) is 5.32 Å². The molecule has 1 aliphatic heterocycles. The second kappa shape index (κ2) is 13.6. The molecule has 0 saturated carbocycles. The van der Waals surface area contributed by atoms with Crippen molar-refractivity contribution >= 4 is 46.8 Å². The number of benzene rings is 2. The van der Waals surface area contributed by atoms with Gasteiger partial charge in [-0.25, -0.2) is 0 Å². The van der Waals surface area contributed by atoms with E-state index in [1.165, 1.54) is 0 Å². The summed E-state index contributed by atoms with van der Waals surface area (Å²) < 4.78 is 11.3. The lowest BCUT2D eigenvalue weighted by Crippen LogP contribution is -2.25. The molecule has 3 rings (SSSR count). The summed E-state index contributed by atoms with van der Waals surface area (Å²) in [5.41, 5.74) is 1.92. The Morgan fingerprint density at radius 2 is 1.97 bits per heavy atom. The van der Waals surface area contributed by atoms with Crippen LogP contribution < -0.4 is 10.1 Å². The normalized spacial score (nSPS) is 15.8. The van der Waals surface area contributed by atoms with Crippen LogP contribution in [0.25, 0.3) is 0 Å². The maximum absolute atomic E-state index is 11.6. The molecular formula is C23H24ClNO7S. The molecule has 2 amide bonds. The maximum Gasteiger partial charge on any atom is 0.303 e. The van der Waals surface area contributed by atoms with Crippen molar-refractivity contribution in [1.82, 2.24) is 5.32 Å². The van der Waals surface area contributed by atoms with Crippen molar-refractivity contribution in [2.45, 2.75) is 30.6 Å². The number of rotatable bonds is 10. The number of hydrogen-bond donors (Lipinski definition) is 2. The standard InChI is InChI=1S/C19H18ClNO4S.C4H6O3/c1-24-16(13-3-2-4-14(20)10-13)11-25-15-7-5-12(6-8-15)9-17-18(22)21-19(23)26-17;5-3-1-2-4(6)7/h2-8,10,16-17H,9,11H2,1H3,(H,21,22,23);3H,1-2H2,(H,6,7). The Bertz CT molecular complexity index is 968. The summed E-state index contributed by atoms with van der Waals surface area (Å²) in [4.78, 5) is 41.9. The zero-order valence-electron chi connectivity index (χ0n) is 17.9. The molecule has 1 saturated heterocycles. The summed E-state index contributed by atoms with van der Waals surface area (Å²) in [5, 5.41) is 10.2. The number of hydrogen-bond acceptors (Lipinski definition) is 7. The number of carboxylic acids is 1. The molecule has 2 aromatic carbocycles. The Morgan fingerprint density at radius 1 is 1.24 bits per heavy atom. The number of carbonyl (C=O) groups is 4. The second-order valence-electron chi connectivity index (χ2n) is 6.92. The van der Waals surface area contributed by atoms with Crippen molar-refractivity contribution < 1.29 is 33.8 Å². The van der Waals surface area contributed by atoms with Gasteiger partial charge >= 0.3 is 5.97 Å². The summed E-state index contributed by atoms with van der Waals surface area (Å²) in [7, 11) is 1.63. The van der Waals surface area contributed by atoms with E-state index in [0.29, 0.717) is 30.1 Å². The van der Waals surface area contributed by atoms with Gasteiger partial charge in [0, 0.05) is 18.6 Å². The summed E-state index contributed by atoms with van der Waals surface area (Å²) in [5.74, 6) is -0.450. The largest absolute Gasteiger partial charge is 0.491 e. The van der Waals surface area contributed by atoms with Crippen LogP contribution in [-0.2, 0) is 25.5 Å². The molecule has 0 aliphatic carbocycles. The zero-order chi connectivity index (χ0) is 24.2. The maximum atomic E-state index is 11.6. The number of carbonyl (C=O) groups excluding carboxylic acids is 3. The molecule has 1 fully saturated rings. The Balaban J connectivity index is 0.000000479. The van der Waals surface area contributed by atoms with Crippen LogP contribution in [0.2, 0.25) is 5.02 Å². The third kappa shape index (κ3) is 9.25.